The molecule has 0 radical (unpaired) electrons. The Morgan fingerprint density at radius 3 is 2.85 bits per heavy atom. The van der Waals surface area contributed by atoms with Crippen LogP contribution in [-0.2, 0) is 9.53 Å². The van der Waals surface area contributed by atoms with Crippen molar-refractivity contribution in [3.05, 3.63) is 47.4 Å². The second-order valence-corrected chi connectivity index (χ2v) is 6.72. The molecule has 0 aliphatic carbocycles. The van der Waals surface area contributed by atoms with Crippen molar-refractivity contribution in [1.82, 2.24) is 14.9 Å². The van der Waals surface area contributed by atoms with Gasteiger partial charge in [0.2, 0.25) is 5.91 Å². The lowest BCUT2D eigenvalue weighted by Crippen LogP contribution is -2.41. The van der Waals surface area contributed by atoms with E-state index in [0.29, 0.717) is 18.1 Å². The minimum Gasteiger partial charge on any atom is -0.478 e. The lowest BCUT2D eigenvalue weighted by atomic mass is 9.93. The van der Waals surface area contributed by atoms with Crippen molar-refractivity contribution in [2.24, 2.45) is 0 Å². The number of aryl methyl sites for hydroxylation is 1. The van der Waals surface area contributed by atoms with E-state index in [-0.39, 0.29) is 24.0 Å². The highest BCUT2D eigenvalue weighted by atomic mass is 16.5. The van der Waals surface area contributed by atoms with Crippen LogP contribution in [0.4, 0.5) is 0 Å². The smallest absolute Gasteiger partial charge is 0.335 e. The number of piperidine rings is 1. The summed E-state index contributed by atoms with van der Waals surface area (Å²) in [6, 6.07) is 8.63. The number of ether oxygens (including phenoxy) is 1. The molecule has 1 N–H and O–H groups in total. The number of aromatic nitrogens is 2. The zero-order valence-electron chi connectivity index (χ0n) is 15.5. The first kappa shape index (κ1) is 19.0. The van der Waals surface area contributed by atoms with Crippen LogP contribution in [-0.4, -0.2) is 58.7 Å². The van der Waals surface area contributed by atoms with Crippen LogP contribution in [0.15, 0.2) is 30.3 Å². The van der Waals surface area contributed by atoms with Crippen molar-refractivity contribution in [3.63, 3.8) is 0 Å². The fourth-order valence-electron chi connectivity index (χ4n) is 3.42. The van der Waals surface area contributed by atoms with Crippen LogP contribution >= 0.6 is 0 Å². The molecule has 1 aromatic carbocycles. The third kappa shape index (κ3) is 4.49. The van der Waals surface area contributed by atoms with Crippen LogP contribution in [0.1, 0.15) is 40.6 Å². The SMILES string of the molecule is COCC(=O)N1CCC[C@H](c2cc(-c3cccc(C(=O)O)c3)nc(C)n2)C1. The molecule has 3 rings (SSSR count). The molecule has 1 fully saturated rings. The zero-order valence-corrected chi connectivity index (χ0v) is 15.5. The summed E-state index contributed by atoms with van der Waals surface area (Å²) in [5, 5.41) is 9.21. The summed E-state index contributed by atoms with van der Waals surface area (Å²) in [5.74, 6) is -0.226. The number of carbonyl (C=O) groups is 2. The third-order valence-electron chi connectivity index (χ3n) is 4.72. The lowest BCUT2D eigenvalue weighted by molar-refractivity contribution is -0.136. The number of carboxylic acids is 1. The van der Waals surface area contributed by atoms with E-state index >= 15 is 0 Å². The van der Waals surface area contributed by atoms with Gasteiger partial charge in [0.25, 0.3) is 0 Å². The molecule has 0 saturated carbocycles. The standard InChI is InChI=1S/C20H23N3O4/c1-13-21-17(14-5-3-6-15(9-14)20(25)26)10-18(22-13)16-7-4-8-23(11-16)19(24)12-27-2/h3,5-6,9-10,16H,4,7-8,11-12H2,1-2H3,(H,25,26)/t16-/m0/s1. The summed E-state index contributed by atoms with van der Waals surface area (Å²) >= 11 is 0. The monoisotopic (exact) mass is 369 g/mol. The molecular weight excluding hydrogens is 346 g/mol. The van der Waals surface area contributed by atoms with E-state index in [0.717, 1.165) is 30.6 Å². The molecule has 7 nitrogen and oxygen atoms in total. The molecule has 2 heterocycles. The summed E-state index contributed by atoms with van der Waals surface area (Å²) in [4.78, 5) is 34.3. The maximum Gasteiger partial charge on any atom is 0.335 e. The molecule has 2 aromatic rings. The van der Waals surface area contributed by atoms with Crippen molar-refractivity contribution < 1.29 is 19.4 Å². The summed E-state index contributed by atoms with van der Waals surface area (Å²) in [5.41, 5.74) is 2.54. The van der Waals surface area contributed by atoms with Gasteiger partial charge < -0.3 is 14.7 Å². The second kappa shape index (κ2) is 8.26. The Morgan fingerprint density at radius 2 is 2.11 bits per heavy atom. The number of likely N-dealkylation sites (tertiary alicyclic amines) is 1. The van der Waals surface area contributed by atoms with Gasteiger partial charge in [0.1, 0.15) is 12.4 Å². The number of hydrogen-bond donors (Lipinski definition) is 1. The van der Waals surface area contributed by atoms with E-state index in [4.69, 9.17) is 4.74 Å². The summed E-state index contributed by atoms with van der Waals surface area (Å²) < 4.78 is 4.96. The Morgan fingerprint density at radius 1 is 1.30 bits per heavy atom. The number of benzene rings is 1. The Hall–Kier alpha value is -2.80. The Labute approximate surface area is 158 Å². The van der Waals surface area contributed by atoms with Gasteiger partial charge in [-0.15, -0.1) is 0 Å². The van der Waals surface area contributed by atoms with Gasteiger partial charge in [-0.05, 0) is 38.0 Å². The van der Waals surface area contributed by atoms with Gasteiger partial charge >= 0.3 is 5.97 Å². The normalized spacial score (nSPS) is 17.0. The van der Waals surface area contributed by atoms with E-state index in [1.807, 2.05) is 24.0 Å². The maximum absolute atomic E-state index is 12.1. The van der Waals surface area contributed by atoms with Crippen LogP contribution in [0.3, 0.4) is 0 Å². The van der Waals surface area contributed by atoms with Crippen molar-refractivity contribution >= 4 is 11.9 Å². The van der Waals surface area contributed by atoms with Crippen molar-refractivity contribution in [3.8, 4) is 11.3 Å². The topological polar surface area (TPSA) is 92.6 Å². The minimum absolute atomic E-state index is 0.0117. The quantitative estimate of drug-likeness (QED) is 0.870. The molecule has 7 heteroatoms. The van der Waals surface area contributed by atoms with Gasteiger partial charge in [-0.1, -0.05) is 12.1 Å². The predicted molar refractivity (Wildman–Crippen MR) is 99.6 cm³/mol. The molecule has 1 amide bonds. The van der Waals surface area contributed by atoms with Crippen LogP contribution in [0, 0.1) is 6.92 Å². The van der Waals surface area contributed by atoms with E-state index in [9.17, 15) is 14.7 Å². The van der Waals surface area contributed by atoms with Gasteiger partial charge in [-0.2, -0.15) is 0 Å². The fraction of sp³-hybridized carbons (Fsp3) is 0.400. The third-order valence-corrected chi connectivity index (χ3v) is 4.72. The van der Waals surface area contributed by atoms with Crippen molar-refractivity contribution in [2.45, 2.75) is 25.7 Å². The van der Waals surface area contributed by atoms with Crippen LogP contribution in [0.5, 0.6) is 0 Å². The largest absolute Gasteiger partial charge is 0.478 e. The molecule has 1 aromatic heterocycles. The molecule has 1 aliphatic rings. The van der Waals surface area contributed by atoms with Gasteiger partial charge in [-0.3, -0.25) is 4.79 Å². The summed E-state index contributed by atoms with van der Waals surface area (Å²) in [6.45, 7) is 3.25. The van der Waals surface area contributed by atoms with E-state index < -0.39 is 5.97 Å². The average molecular weight is 369 g/mol. The Kier molecular flexibility index (Phi) is 5.81. The number of rotatable bonds is 5. The summed E-state index contributed by atoms with van der Waals surface area (Å²) in [6.07, 6.45) is 1.86. The molecule has 142 valence electrons. The van der Waals surface area contributed by atoms with Gasteiger partial charge in [0.05, 0.1) is 11.3 Å². The number of methoxy groups -OCH3 is 1. The van der Waals surface area contributed by atoms with Gasteiger partial charge in [0, 0.05) is 37.4 Å². The average Bonchev–Trinajstić information content (AvgIpc) is 2.68. The predicted octanol–water partition coefficient (Wildman–Crippen LogP) is 2.50. The number of aromatic carboxylic acids is 1. The Bertz CT molecular complexity index is 853. The highest BCUT2D eigenvalue weighted by Gasteiger charge is 2.26. The first-order valence-electron chi connectivity index (χ1n) is 8.94. The number of carboxylic acid groups (broad SMARTS) is 1. The number of nitrogens with zero attached hydrogens (tertiary/aromatic N) is 3. The Balaban J connectivity index is 1.88. The highest BCUT2D eigenvalue weighted by Crippen LogP contribution is 2.28. The molecule has 1 aliphatic heterocycles. The molecular formula is C20H23N3O4. The lowest BCUT2D eigenvalue weighted by Gasteiger charge is -2.32. The molecule has 1 saturated heterocycles. The molecule has 27 heavy (non-hydrogen) atoms. The van der Waals surface area contributed by atoms with Crippen LogP contribution in [0.2, 0.25) is 0 Å². The number of amides is 1. The van der Waals surface area contributed by atoms with Crippen molar-refractivity contribution in [2.75, 3.05) is 26.8 Å². The first-order chi connectivity index (χ1) is 13.0. The van der Waals surface area contributed by atoms with Crippen LogP contribution in [0.25, 0.3) is 11.3 Å². The second-order valence-electron chi connectivity index (χ2n) is 6.72. The maximum atomic E-state index is 12.1. The van der Waals surface area contributed by atoms with E-state index in [1.165, 1.54) is 7.11 Å². The zero-order chi connectivity index (χ0) is 19.4. The summed E-state index contributed by atoms with van der Waals surface area (Å²) in [7, 11) is 1.52. The molecule has 0 bridgehead atoms. The van der Waals surface area contributed by atoms with E-state index in [1.54, 1.807) is 18.2 Å². The highest BCUT2D eigenvalue weighted by molar-refractivity contribution is 5.89. The number of carbonyl (C=O) groups excluding carboxylic acids is 1. The molecule has 0 unspecified atom stereocenters. The first-order valence-corrected chi connectivity index (χ1v) is 8.94. The van der Waals surface area contributed by atoms with Gasteiger partial charge in [-0.25, -0.2) is 14.8 Å². The van der Waals surface area contributed by atoms with Crippen molar-refractivity contribution in [1.29, 1.82) is 0 Å². The fourth-order valence-corrected chi connectivity index (χ4v) is 3.42. The molecule has 1 atom stereocenters. The minimum atomic E-state index is -0.970. The van der Waals surface area contributed by atoms with Crippen LogP contribution < -0.4 is 0 Å². The number of hydrogen-bond acceptors (Lipinski definition) is 5. The van der Waals surface area contributed by atoms with Gasteiger partial charge in [0.15, 0.2) is 0 Å². The van der Waals surface area contributed by atoms with E-state index in [2.05, 4.69) is 9.97 Å². The molecule has 0 spiro atoms.